The molecule has 1 aromatic heterocycles. The van der Waals surface area contributed by atoms with Crippen molar-refractivity contribution in [2.45, 2.75) is 45.2 Å². The van der Waals surface area contributed by atoms with E-state index in [1.807, 2.05) is 33.1 Å². The zero-order valence-corrected chi connectivity index (χ0v) is 15.1. The van der Waals surface area contributed by atoms with Crippen LogP contribution in [0, 0.1) is 6.92 Å². The van der Waals surface area contributed by atoms with E-state index in [2.05, 4.69) is 5.32 Å². The van der Waals surface area contributed by atoms with Gasteiger partial charge in [0.15, 0.2) is 0 Å². The first kappa shape index (κ1) is 18.6. The Morgan fingerprint density at radius 3 is 2.62 bits per heavy atom. The van der Waals surface area contributed by atoms with Crippen LogP contribution in [0.25, 0.3) is 0 Å². The monoisotopic (exact) mass is 334 g/mol. The minimum Gasteiger partial charge on any atom is -0.383 e. The number of nitrogens with zero attached hydrogens (tertiary/aromatic N) is 1. The molecule has 122 valence electrons. The van der Waals surface area contributed by atoms with Crippen LogP contribution >= 0.6 is 11.3 Å². The van der Waals surface area contributed by atoms with E-state index in [9.17, 15) is 8.42 Å². The van der Waals surface area contributed by atoms with Gasteiger partial charge in [0.05, 0.1) is 6.61 Å². The molecule has 1 N–H and O–H groups in total. The van der Waals surface area contributed by atoms with Crippen molar-refractivity contribution in [1.82, 2.24) is 9.62 Å². The lowest BCUT2D eigenvalue weighted by atomic mass is 10.3. The van der Waals surface area contributed by atoms with Gasteiger partial charge in [0.25, 0.3) is 0 Å². The number of sulfonamides is 1. The van der Waals surface area contributed by atoms with Gasteiger partial charge >= 0.3 is 0 Å². The van der Waals surface area contributed by atoms with Crippen LogP contribution in [0.5, 0.6) is 0 Å². The molecule has 0 bridgehead atoms. The summed E-state index contributed by atoms with van der Waals surface area (Å²) in [5, 5.41) is 5.12. The van der Waals surface area contributed by atoms with Gasteiger partial charge in [-0.1, -0.05) is 6.92 Å². The largest absolute Gasteiger partial charge is 0.383 e. The molecular weight excluding hydrogens is 308 g/mol. The molecule has 0 aliphatic heterocycles. The second kappa shape index (κ2) is 8.24. The van der Waals surface area contributed by atoms with E-state index in [0.29, 0.717) is 24.6 Å². The van der Waals surface area contributed by atoms with Crippen LogP contribution < -0.4 is 5.32 Å². The summed E-state index contributed by atoms with van der Waals surface area (Å²) in [6.07, 6.45) is 0. The quantitative estimate of drug-likeness (QED) is 0.752. The van der Waals surface area contributed by atoms with Gasteiger partial charge in [0.2, 0.25) is 10.0 Å². The number of rotatable bonds is 9. The first-order chi connectivity index (χ1) is 9.86. The van der Waals surface area contributed by atoms with Crippen molar-refractivity contribution in [2.75, 3.05) is 26.8 Å². The summed E-state index contributed by atoms with van der Waals surface area (Å²) in [6, 6.07) is -0.101. The van der Waals surface area contributed by atoms with Gasteiger partial charge in [-0.25, -0.2) is 8.42 Å². The highest BCUT2D eigenvalue weighted by Gasteiger charge is 2.31. The van der Waals surface area contributed by atoms with Crippen molar-refractivity contribution in [3.63, 3.8) is 0 Å². The summed E-state index contributed by atoms with van der Waals surface area (Å²) in [5.41, 5.74) is 0.816. The fourth-order valence-electron chi connectivity index (χ4n) is 2.15. The normalized spacial score (nSPS) is 12.5. The van der Waals surface area contributed by atoms with E-state index in [1.54, 1.807) is 7.11 Å². The second-order valence-electron chi connectivity index (χ2n) is 5.15. The van der Waals surface area contributed by atoms with Gasteiger partial charge in [-0.3, -0.25) is 0 Å². The van der Waals surface area contributed by atoms with Gasteiger partial charge in [0.1, 0.15) is 4.90 Å². The number of hydrogen-bond donors (Lipinski definition) is 1. The molecule has 0 aliphatic carbocycles. The van der Waals surface area contributed by atoms with Crippen LogP contribution in [0.4, 0.5) is 0 Å². The Hall–Kier alpha value is -0.470. The van der Waals surface area contributed by atoms with Crippen molar-refractivity contribution in [1.29, 1.82) is 0 Å². The third-order valence-electron chi connectivity index (χ3n) is 3.18. The third kappa shape index (κ3) is 4.50. The Morgan fingerprint density at radius 2 is 2.10 bits per heavy atom. The Labute approximate surface area is 132 Å². The number of hydrogen-bond acceptors (Lipinski definition) is 5. The average molecular weight is 335 g/mol. The average Bonchev–Trinajstić information content (AvgIpc) is 2.78. The van der Waals surface area contributed by atoms with E-state index < -0.39 is 10.0 Å². The Bertz CT molecular complexity index is 538. The highest BCUT2D eigenvalue weighted by molar-refractivity contribution is 7.89. The van der Waals surface area contributed by atoms with Crippen LogP contribution in [0.3, 0.4) is 0 Å². The van der Waals surface area contributed by atoms with Crippen LogP contribution in [0.15, 0.2) is 10.3 Å². The number of nitrogens with one attached hydrogen (secondary N) is 1. The standard InChI is InChI=1S/C14H26N2O3S2/c1-6-15-9-13-14(12(4)10-20-13)21(17,18)16(11(2)3)7-8-19-5/h10-11,15H,6-9H2,1-5H3. The summed E-state index contributed by atoms with van der Waals surface area (Å²) in [6.45, 7) is 9.79. The maximum atomic E-state index is 13.0. The molecule has 0 saturated heterocycles. The van der Waals surface area contributed by atoms with E-state index in [-0.39, 0.29) is 6.04 Å². The van der Waals surface area contributed by atoms with Crippen LogP contribution in [0.2, 0.25) is 0 Å². The van der Waals surface area contributed by atoms with Gasteiger partial charge in [-0.2, -0.15) is 4.31 Å². The van der Waals surface area contributed by atoms with E-state index in [4.69, 9.17) is 4.74 Å². The topological polar surface area (TPSA) is 58.6 Å². The summed E-state index contributed by atoms with van der Waals surface area (Å²) >= 11 is 1.50. The molecule has 0 aromatic carbocycles. The molecule has 21 heavy (non-hydrogen) atoms. The molecule has 0 atom stereocenters. The summed E-state index contributed by atoms with van der Waals surface area (Å²) in [7, 11) is -1.92. The fourth-order valence-corrected chi connectivity index (χ4v) is 5.50. The first-order valence-electron chi connectivity index (χ1n) is 7.14. The smallest absolute Gasteiger partial charge is 0.244 e. The molecule has 0 radical (unpaired) electrons. The summed E-state index contributed by atoms with van der Waals surface area (Å²) in [4.78, 5) is 1.33. The van der Waals surface area contributed by atoms with Gasteiger partial charge in [-0.15, -0.1) is 11.3 Å². The predicted molar refractivity (Wildman–Crippen MR) is 87.3 cm³/mol. The Kier molecular flexibility index (Phi) is 7.29. The summed E-state index contributed by atoms with van der Waals surface area (Å²) < 4.78 is 32.5. The van der Waals surface area contributed by atoms with Crippen molar-refractivity contribution in [3.05, 3.63) is 15.8 Å². The Balaban J connectivity index is 3.18. The maximum absolute atomic E-state index is 13.0. The van der Waals surface area contributed by atoms with E-state index in [1.165, 1.54) is 15.6 Å². The molecule has 0 saturated carbocycles. The molecule has 7 heteroatoms. The predicted octanol–water partition coefficient (Wildman–Crippen LogP) is 2.21. The highest BCUT2D eigenvalue weighted by atomic mass is 32.2. The number of thiophene rings is 1. The second-order valence-corrected chi connectivity index (χ2v) is 7.95. The van der Waals surface area contributed by atoms with Crippen molar-refractivity contribution >= 4 is 21.4 Å². The molecular formula is C14H26N2O3S2. The molecule has 0 amide bonds. The van der Waals surface area contributed by atoms with E-state index >= 15 is 0 Å². The third-order valence-corrected chi connectivity index (χ3v) is 6.72. The number of ether oxygens (including phenoxy) is 1. The van der Waals surface area contributed by atoms with Crippen molar-refractivity contribution in [2.24, 2.45) is 0 Å². The Morgan fingerprint density at radius 1 is 1.43 bits per heavy atom. The lowest BCUT2D eigenvalue weighted by Gasteiger charge is -2.26. The zero-order chi connectivity index (χ0) is 16.0. The molecule has 0 unspecified atom stereocenters. The molecule has 0 fully saturated rings. The van der Waals surface area contributed by atoms with Gasteiger partial charge in [0, 0.05) is 31.1 Å². The van der Waals surface area contributed by atoms with Crippen LogP contribution in [-0.4, -0.2) is 45.6 Å². The highest BCUT2D eigenvalue weighted by Crippen LogP contribution is 2.30. The fraction of sp³-hybridized carbons (Fsp3) is 0.714. The van der Waals surface area contributed by atoms with Crippen LogP contribution in [0.1, 0.15) is 31.2 Å². The maximum Gasteiger partial charge on any atom is 0.244 e. The molecule has 0 spiro atoms. The lowest BCUT2D eigenvalue weighted by Crippen LogP contribution is -2.39. The van der Waals surface area contributed by atoms with Gasteiger partial charge < -0.3 is 10.1 Å². The molecule has 5 nitrogen and oxygen atoms in total. The molecule has 1 heterocycles. The number of aryl methyl sites for hydroxylation is 1. The summed E-state index contributed by atoms with van der Waals surface area (Å²) in [5.74, 6) is 0. The van der Waals surface area contributed by atoms with E-state index in [0.717, 1.165) is 17.0 Å². The minimum absolute atomic E-state index is 0.101. The number of methoxy groups -OCH3 is 1. The van der Waals surface area contributed by atoms with Crippen molar-refractivity contribution < 1.29 is 13.2 Å². The lowest BCUT2D eigenvalue weighted by molar-refractivity contribution is 0.171. The SMILES string of the molecule is CCNCc1scc(C)c1S(=O)(=O)N(CCOC)C(C)C. The molecule has 1 aromatic rings. The first-order valence-corrected chi connectivity index (χ1v) is 9.46. The van der Waals surface area contributed by atoms with Gasteiger partial charge in [-0.05, 0) is 38.3 Å². The van der Waals surface area contributed by atoms with Crippen molar-refractivity contribution in [3.8, 4) is 0 Å². The van der Waals surface area contributed by atoms with Crippen LogP contribution in [-0.2, 0) is 21.3 Å². The zero-order valence-electron chi connectivity index (χ0n) is 13.5. The molecule has 1 rings (SSSR count). The molecule has 0 aliphatic rings. The minimum atomic E-state index is -3.50.